The quantitative estimate of drug-likeness (QED) is 0.185. The van der Waals surface area contributed by atoms with E-state index in [0.29, 0.717) is 0 Å². The molecule has 186 valence electrons. The molecule has 2 nitrogen and oxygen atoms in total. The van der Waals surface area contributed by atoms with Crippen molar-refractivity contribution in [1.29, 1.82) is 0 Å². The summed E-state index contributed by atoms with van der Waals surface area (Å²) in [6.45, 7) is 0. The smallest absolute Gasteiger partial charge is 0.188 e. The van der Waals surface area contributed by atoms with Gasteiger partial charge in [0.25, 0.3) is 0 Å². The number of hydrogen-bond donors (Lipinski definition) is 0. The first-order valence-electron chi connectivity index (χ1n) is 13.0. The van der Waals surface area contributed by atoms with Gasteiger partial charge in [0.15, 0.2) is 0 Å². The van der Waals surface area contributed by atoms with Crippen molar-refractivity contribution in [3.63, 3.8) is 0 Å². The zero-order valence-electron chi connectivity index (χ0n) is 21.7. The topological polar surface area (TPSA) is 7.76 Å². The molecule has 0 N–H and O–H groups in total. The van der Waals surface area contributed by atoms with E-state index >= 15 is 0 Å². The summed E-state index contributed by atoms with van der Waals surface area (Å²) in [4.78, 5) is 2.67. The average Bonchev–Trinajstić information content (AvgIpc) is 3.49. The molecule has 4 heteroatoms. The van der Waals surface area contributed by atoms with Gasteiger partial charge in [-0.3, -0.25) is 0 Å². The summed E-state index contributed by atoms with van der Waals surface area (Å²) in [5.74, 6) is 0. The molecule has 0 aliphatic carbocycles. The molecule has 0 radical (unpaired) electrons. The van der Waals surface area contributed by atoms with Crippen LogP contribution in [0.15, 0.2) is 121 Å². The second-order valence-corrected chi connectivity index (χ2v) is 11.6. The molecule has 0 atom stereocenters. The summed E-state index contributed by atoms with van der Waals surface area (Å²) in [5.41, 5.74) is 7.66. The fourth-order valence-corrected chi connectivity index (χ4v) is 7.63. The van der Waals surface area contributed by atoms with Crippen molar-refractivity contribution in [2.45, 2.75) is 12.8 Å². The lowest BCUT2D eigenvalue weighted by atomic mass is 10.1. The number of benzene rings is 4. The number of hydrogen-bond acceptors (Lipinski definition) is 2. The molecule has 2 heterocycles. The van der Waals surface area contributed by atoms with E-state index in [9.17, 15) is 0 Å². The van der Waals surface area contributed by atoms with Crippen LogP contribution in [0.2, 0.25) is 0 Å². The maximum atomic E-state index is 2.41. The Bertz CT molecular complexity index is 1530. The minimum Gasteiger partial charge on any atom is -0.188 e. The van der Waals surface area contributed by atoms with Gasteiger partial charge >= 0.3 is 0 Å². The molecule has 0 fully saturated rings. The summed E-state index contributed by atoms with van der Waals surface area (Å²) < 4.78 is 4.82. The van der Waals surface area contributed by atoms with Crippen LogP contribution in [0.5, 0.6) is 0 Å². The monoisotopic (exact) mass is 530 g/mol. The lowest BCUT2D eigenvalue weighted by Crippen LogP contribution is -2.35. The normalized spacial score (nSPS) is 11.1. The number of aromatic nitrogens is 2. The van der Waals surface area contributed by atoms with Crippen molar-refractivity contribution < 1.29 is 9.13 Å². The van der Waals surface area contributed by atoms with Gasteiger partial charge in [0.2, 0.25) is 21.4 Å². The van der Waals surface area contributed by atoms with Crippen LogP contribution in [-0.2, 0) is 26.9 Å². The fourth-order valence-electron chi connectivity index (χ4n) is 5.09. The highest BCUT2D eigenvalue weighted by Gasteiger charge is 2.29. The number of aryl methyl sites for hydroxylation is 2. The fraction of sp³-hybridized carbons (Fsp3) is 0.118. The highest BCUT2D eigenvalue weighted by molar-refractivity contribution is 7.15. The van der Waals surface area contributed by atoms with Crippen LogP contribution in [-0.4, -0.2) is 0 Å². The minimum atomic E-state index is 0.991. The number of nitrogens with zero attached hydrogens (tertiary/aromatic N) is 2. The summed E-state index contributed by atoms with van der Waals surface area (Å²) >= 11 is 3.84. The summed E-state index contributed by atoms with van der Waals surface area (Å²) in [6, 6.07) is 43.1. The molecule has 0 bridgehead atoms. The Balaban J connectivity index is 1.40. The van der Waals surface area contributed by atoms with Crippen LogP contribution in [0.25, 0.3) is 43.4 Å². The Hall–Kier alpha value is -3.86. The molecular formula is C34H30N2S2+2. The summed E-state index contributed by atoms with van der Waals surface area (Å²) in [5, 5.41) is 2.78. The van der Waals surface area contributed by atoms with Crippen LogP contribution < -0.4 is 9.13 Å². The van der Waals surface area contributed by atoms with Crippen molar-refractivity contribution in [1.82, 2.24) is 0 Å². The van der Waals surface area contributed by atoms with E-state index < -0.39 is 0 Å². The predicted molar refractivity (Wildman–Crippen MR) is 160 cm³/mol. The molecule has 38 heavy (non-hydrogen) atoms. The first-order chi connectivity index (χ1) is 18.7. The van der Waals surface area contributed by atoms with Gasteiger partial charge in [-0.15, -0.1) is 0 Å². The van der Waals surface area contributed by atoms with Gasteiger partial charge in [-0.25, -0.2) is 0 Å². The van der Waals surface area contributed by atoms with Crippen molar-refractivity contribution in [2.24, 2.45) is 14.1 Å². The second-order valence-electron chi connectivity index (χ2n) is 9.43. The van der Waals surface area contributed by atoms with Gasteiger partial charge in [-0.2, -0.15) is 9.13 Å². The molecule has 0 aliphatic heterocycles. The van der Waals surface area contributed by atoms with E-state index in [1.807, 2.05) is 22.7 Å². The molecule has 0 spiro atoms. The van der Waals surface area contributed by atoms with E-state index in [4.69, 9.17) is 0 Å². The minimum absolute atomic E-state index is 0.991. The Kier molecular flexibility index (Phi) is 7.00. The third kappa shape index (κ3) is 4.73. The van der Waals surface area contributed by atoms with Gasteiger partial charge in [-0.1, -0.05) is 120 Å². The van der Waals surface area contributed by atoms with Crippen molar-refractivity contribution >= 4 is 22.7 Å². The lowest BCUT2D eigenvalue weighted by Gasteiger charge is -2.01. The second kappa shape index (κ2) is 10.9. The molecule has 2 aromatic heterocycles. The van der Waals surface area contributed by atoms with E-state index in [2.05, 4.69) is 145 Å². The van der Waals surface area contributed by atoms with Gasteiger partial charge in [-0.05, 0) is 35.4 Å². The maximum absolute atomic E-state index is 2.41. The Labute approximate surface area is 232 Å². The lowest BCUT2D eigenvalue weighted by molar-refractivity contribution is -0.667. The van der Waals surface area contributed by atoms with E-state index in [1.165, 1.54) is 53.4 Å². The molecule has 0 aliphatic rings. The molecule has 6 rings (SSSR count). The molecule has 4 aromatic carbocycles. The van der Waals surface area contributed by atoms with Gasteiger partial charge in [0.05, 0.1) is 12.8 Å². The first-order valence-corrected chi connectivity index (χ1v) is 14.6. The summed E-state index contributed by atoms with van der Waals surface area (Å²) in [7, 11) is 4.44. The highest BCUT2D eigenvalue weighted by atomic mass is 32.1. The van der Waals surface area contributed by atoms with E-state index in [0.717, 1.165) is 12.8 Å². The third-order valence-corrected chi connectivity index (χ3v) is 9.70. The zero-order valence-corrected chi connectivity index (χ0v) is 23.3. The van der Waals surface area contributed by atoms with Gasteiger partial charge < -0.3 is 0 Å². The molecule has 0 unspecified atom stereocenters. The maximum Gasteiger partial charge on any atom is 0.238 e. The highest BCUT2D eigenvalue weighted by Crippen LogP contribution is 2.38. The van der Waals surface area contributed by atoms with Crippen molar-refractivity contribution in [2.75, 3.05) is 0 Å². The van der Waals surface area contributed by atoms with E-state index in [1.54, 1.807) is 0 Å². The van der Waals surface area contributed by atoms with Crippen molar-refractivity contribution in [3.8, 4) is 43.4 Å². The third-order valence-electron chi connectivity index (χ3n) is 7.01. The Morgan fingerprint density at radius 1 is 0.421 bits per heavy atom. The molecule has 0 amide bonds. The number of rotatable bonds is 7. The average molecular weight is 531 g/mol. The van der Waals surface area contributed by atoms with Crippen LogP contribution in [0.1, 0.15) is 10.0 Å². The Morgan fingerprint density at radius 2 is 0.711 bits per heavy atom. The van der Waals surface area contributed by atoms with Crippen LogP contribution in [0.4, 0.5) is 0 Å². The molecule has 6 aromatic rings. The van der Waals surface area contributed by atoms with Gasteiger partial charge in [0.1, 0.15) is 23.8 Å². The van der Waals surface area contributed by atoms with E-state index in [-0.39, 0.29) is 0 Å². The zero-order chi connectivity index (χ0) is 25.9. The van der Waals surface area contributed by atoms with Crippen LogP contribution in [0.3, 0.4) is 0 Å². The van der Waals surface area contributed by atoms with Gasteiger partial charge in [0, 0.05) is 11.1 Å². The van der Waals surface area contributed by atoms with Crippen LogP contribution >= 0.6 is 22.7 Å². The Morgan fingerprint density at radius 3 is 1.03 bits per heavy atom. The molecule has 0 saturated heterocycles. The standard InChI is InChI=1S/C34H30N2S2/c1-35-29(37-33(27-19-11-5-12-20-27)31(35)25-15-7-3-8-16-25)23-24-30-36(2)32(26-17-9-4-10-18-26)34(38-30)28-21-13-6-14-22-28/h3-22H,23-24H2,1-2H3/q+2. The van der Waals surface area contributed by atoms with Crippen molar-refractivity contribution in [3.05, 3.63) is 131 Å². The number of thiazole rings is 2. The SMILES string of the molecule is C[n+]1c(CCc2sc(-c3ccccc3)c(-c3ccccc3)[n+]2C)sc(-c2ccccc2)c1-c1ccccc1. The molecule has 0 saturated carbocycles. The molecular weight excluding hydrogens is 501 g/mol. The largest absolute Gasteiger partial charge is 0.238 e. The predicted octanol–water partition coefficient (Wildman–Crippen LogP) is 7.91. The first kappa shape index (κ1) is 24.5. The van der Waals surface area contributed by atoms with Crippen LogP contribution in [0, 0.1) is 0 Å². The summed E-state index contributed by atoms with van der Waals surface area (Å²) in [6.07, 6.45) is 1.98.